The van der Waals surface area contributed by atoms with E-state index >= 15 is 0 Å². The highest BCUT2D eigenvalue weighted by molar-refractivity contribution is 9.10. The first-order chi connectivity index (χ1) is 9.63. The molecule has 2 aromatic rings. The van der Waals surface area contributed by atoms with Crippen molar-refractivity contribution in [2.75, 3.05) is 11.8 Å². The van der Waals surface area contributed by atoms with Crippen LogP contribution in [0.15, 0.2) is 53.0 Å². The molecule has 20 heavy (non-hydrogen) atoms. The molecule has 0 aliphatic heterocycles. The Labute approximate surface area is 143 Å². The van der Waals surface area contributed by atoms with Crippen LogP contribution in [0.2, 0.25) is 5.02 Å². The Kier molecular flexibility index (Phi) is 5.80. The van der Waals surface area contributed by atoms with Gasteiger partial charge in [-0.15, -0.1) is 23.2 Å². The van der Waals surface area contributed by atoms with Crippen molar-refractivity contribution in [3.05, 3.63) is 69.2 Å². The van der Waals surface area contributed by atoms with Crippen molar-refractivity contribution >= 4 is 50.7 Å². The van der Waals surface area contributed by atoms with Gasteiger partial charge in [0.2, 0.25) is 0 Å². The summed E-state index contributed by atoms with van der Waals surface area (Å²) in [6.45, 7) is 0. The van der Waals surface area contributed by atoms with E-state index in [1.165, 1.54) is 5.56 Å². The molecule has 0 heterocycles. The Morgan fingerprint density at radius 1 is 0.900 bits per heavy atom. The summed E-state index contributed by atoms with van der Waals surface area (Å²) >= 11 is 22.5. The fraction of sp³-hybridized carbons (Fsp3) is 0.250. The molecule has 0 aromatic heterocycles. The lowest BCUT2D eigenvalue weighted by molar-refractivity contribution is 0.535. The van der Waals surface area contributed by atoms with E-state index in [1.807, 2.05) is 42.5 Å². The lowest BCUT2D eigenvalue weighted by Crippen LogP contribution is -2.33. The average molecular weight is 393 g/mol. The fourth-order valence-corrected chi connectivity index (χ4v) is 3.79. The van der Waals surface area contributed by atoms with Gasteiger partial charge in [-0.1, -0.05) is 63.9 Å². The molecule has 0 bridgehead atoms. The van der Waals surface area contributed by atoms with Gasteiger partial charge in [-0.2, -0.15) is 0 Å². The summed E-state index contributed by atoms with van der Waals surface area (Å²) in [6, 6.07) is 15.9. The van der Waals surface area contributed by atoms with Crippen LogP contribution < -0.4 is 0 Å². The van der Waals surface area contributed by atoms with Crippen molar-refractivity contribution in [1.29, 1.82) is 0 Å². The Bertz CT molecular complexity index is 579. The highest BCUT2D eigenvalue weighted by Gasteiger charge is 2.33. The van der Waals surface area contributed by atoms with Crippen LogP contribution in [0.3, 0.4) is 0 Å². The topological polar surface area (TPSA) is 0 Å². The molecule has 0 saturated heterocycles. The van der Waals surface area contributed by atoms with Gasteiger partial charge in [-0.05, 0) is 29.7 Å². The molecule has 0 fully saturated rings. The van der Waals surface area contributed by atoms with Crippen molar-refractivity contribution in [3.8, 4) is 0 Å². The molecule has 2 rings (SSSR count). The predicted molar refractivity (Wildman–Crippen MR) is 92.4 cm³/mol. The van der Waals surface area contributed by atoms with Crippen molar-refractivity contribution < 1.29 is 0 Å². The molecule has 4 heteroatoms. The zero-order chi connectivity index (χ0) is 14.6. The molecule has 106 valence electrons. The molecule has 0 nitrogen and oxygen atoms in total. The molecule has 0 saturated carbocycles. The summed E-state index contributed by atoms with van der Waals surface area (Å²) in [5.74, 6) is 0.836. The van der Waals surface area contributed by atoms with Gasteiger partial charge in [0.05, 0.1) is 0 Å². The quantitative estimate of drug-likeness (QED) is 0.543. The second kappa shape index (κ2) is 7.17. The SMILES string of the molecule is ClCC(CCl)(Cc1ccccc1Br)c1ccccc1Cl. The number of hydrogen-bond acceptors (Lipinski definition) is 0. The van der Waals surface area contributed by atoms with Crippen LogP contribution in [0.1, 0.15) is 11.1 Å². The van der Waals surface area contributed by atoms with Crippen molar-refractivity contribution in [1.82, 2.24) is 0 Å². The maximum absolute atomic E-state index is 6.34. The zero-order valence-electron chi connectivity index (χ0n) is 10.8. The van der Waals surface area contributed by atoms with Gasteiger partial charge < -0.3 is 0 Å². The van der Waals surface area contributed by atoms with Crippen LogP contribution in [-0.4, -0.2) is 11.8 Å². The highest BCUT2D eigenvalue weighted by Crippen LogP contribution is 2.37. The van der Waals surface area contributed by atoms with Crippen molar-refractivity contribution in [2.45, 2.75) is 11.8 Å². The van der Waals surface area contributed by atoms with Crippen molar-refractivity contribution in [2.24, 2.45) is 0 Å². The number of alkyl halides is 2. The van der Waals surface area contributed by atoms with E-state index in [1.54, 1.807) is 0 Å². The number of halogens is 4. The maximum Gasteiger partial charge on any atom is 0.0444 e. The molecule has 0 N–H and O–H groups in total. The molecular weight excluding hydrogens is 378 g/mol. The van der Waals surface area contributed by atoms with Gasteiger partial charge in [0.1, 0.15) is 0 Å². The first-order valence-electron chi connectivity index (χ1n) is 6.23. The minimum atomic E-state index is -0.370. The number of rotatable bonds is 5. The third-order valence-electron chi connectivity index (χ3n) is 3.44. The number of hydrogen-bond donors (Lipinski definition) is 0. The predicted octanol–water partition coefficient (Wildman–Crippen LogP) is 6.06. The second-order valence-corrected chi connectivity index (χ2v) is 6.59. The highest BCUT2D eigenvalue weighted by atomic mass is 79.9. The Balaban J connectivity index is 2.46. The lowest BCUT2D eigenvalue weighted by Gasteiger charge is -2.31. The van der Waals surface area contributed by atoms with Crippen LogP contribution >= 0.6 is 50.7 Å². The summed E-state index contributed by atoms with van der Waals surface area (Å²) < 4.78 is 1.06. The van der Waals surface area contributed by atoms with Gasteiger partial charge in [0.15, 0.2) is 0 Å². The summed E-state index contributed by atoms with van der Waals surface area (Å²) in [5.41, 5.74) is 1.81. The van der Waals surface area contributed by atoms with Crippen LogP contribution in [0, 0.1) is 0 Å². The monoisotopic (exact) mass is 390 g/mol. The number of benzene rings is 2. The fourth-order valence-electron chi connectivity index (χ4n) is 2.27. The van der Waals surface area contributed by atoms with E-state index in [0.717, 1.165) is 16.5 Å². The van der Waals surface area contributed by atoms with Crippen molar-refractivity contribution in [3.63, 3.8) is 0 Å². The van der Waals surface area contributed by atoms with E-state index in [9.17, 15) is 0 Å². The standard InChI is InChI=1S/C16H14BrCl3/c17-14-7-3-1-5-12(14)9-16(10-18,11-19)13-6-2-4-8-15(13)20/h1-8H,9-11H2. The van der Waals surface area contributed by atoms with Gasteiger partial charge >= 0.3 is 0 Å². The Morgan fingerprint density at radius 2 is 1.50 bits per heavy atom. The normalized spacial score (nSPS) is 11.6. The molecular formula is C16H14BrCl3. The summed E-state index contributed by atoms with van der Waals surface area (Å²) in [7, 11) is 0. The zero-order valence-corrected chi connectivity index (χ0v) is 14.6. The molecule has 0 amide bonds. The van der Waals surface area contributed by atoms with Gasteiger partial charge in [0.25, 0.3) is 0 Å². The van der Waals surface area contributed by atoms with Gasteiger partial charge in [0, 0.05) is 26.7 Å². The molecule has 2 aromatic carbocycles. The Hall–Kier alpha value is -0.210. The van der Waals surface area contributed by atoms with Gasteiger partial charge in [-0.3, -0.25) is 0 Å². The van der Waals surface area contributed by atoms with Crippen LogP contribution in [-0.2, 0) is 11.8 Å². The average Bonchev–Trinajstić information content (AvgIpc) is 2.48. The van der Waals surface area contributed by atoms with Gasteiger partial charge in [-0.25, -0.2) is 0 Å². The minimum absolute atomic E-state index is 0.370. The van der Waals surface area contributed by atoms with Crippen LogP contribution in [0.5, 0.6) is 0 Å². The third-order valence-corrected chi connectivity index (χ3v) is 5.57. The molecule has 0 aliphatic carbocycles. The van der Waals surface area contributed by atoms with E-state index in [4.69, 9.17) is 34.8 Å². The minimum Gasteiger partial charge on any atom is -0.126 e. The first-order valence-corrected chi connectivity index (χ1v) is 8.47. The summed E-state index contributed by atoms with van der Waals surface area (Å²) in [6.07, 6.45) is 0.741. The summed E-state index contributed by atoms with van der Waals surface area (Å²) in [4.78, 5) is 0. The van der Waals surface area contributed by atoms with Crippen LogP contribution in [0.25, 0.3) is 0 Å². The smallest absolute Gasteiger partial charge is 0.0444 e. The largest absolute Gasteiger partial charge is 0.126 e. The maximum atomic E-state index is 6.34. The summed E-state index contributed by atoms with van der Waals surface area (Å²) in [5, 5.41) is 0.709. The Morgan fingerprint density at radius 3 is 2.10 bits per heavy atom. The van der Waals surface area contributed by atoms with E-state index in [-0.39, 0.29) is 5.41 Å². The van der Waals surface area contributed by atoms with E-state index in [0.29, 0.717) is 16.8 Å². The lowest BCUT2D eigenvalue weighted by atomic mass is 9.78. The van der Waals surface area contributed by atoms with E-state index in [2.05, 4.69) is 22.0 Å². The molecule has 0 radical (unpaired) electrons. The molecule has 0 atom stereocenters. The third kappa shape index (κ3) is 3.33. The molecule has 0 spiro atoms. The first kappa shape index (κ1) is 16.2. The van der Waals surface area contributed by atoms with Crippen LogP contribution in [0.4, 0.5) is 0 Å². The second-order valence-electron chi connectivity index (χ2n) is 4.80. The molecule has 0 aliphatic rings. The molecule has 0 unspecified atom stereocenters. The van der Waals surface area contributed by atoms with E-state index < -0.39 is 0 Å².